The van der Waals surface area contributed by atoms with Crippen LogP contribution in [0.3, 0.4) is 0 Å². The number of anilines is 1. The molecule has 0 atom stereocenters. The Hall–Kier alpha value is -2.16. The van der Waals surface area contributed by atoms with E-state index < -0.39 is 31.7 Å². The van der Waals surface area contributed by atoms with E-state index in [1.54, 1.807) is 0 Å². The number of sulfonamides is 1. The molecule has 0 aliphatic carbocycles. The van der Waals surface area contributed by atoms with Crippen LogP contribution in [0.15, 0.2) is 42.3 Å². The normalized spacial score (nSPS) is 11.9. The highest BCUT2D eigenvalue weighted by Crippen LogP contribution is 2.39. The fraction of sp³-hybridized carbons (Fsp3) is 0.0588. The van der Waals surface area contributed by atoms with Crippen LogP contribution < -0.4 is 4.72 Å². The van der Waals surface area contributed by atoms with Crippen LogP contribution in [0.1, 0.15) is 16.7 Å². The first-order chi connectivity index (χ1) is 12.4. The molecule has 144 valence electrons. The van der Waals surface area contributed by atoms with Crippen molar-refractivity contribution >= 4 is 51.1 Å². The maximum Gasteiger partial charge on any atom is 0.417 e. The fourth-order valence-electron chi connectivity index (χ4n) is 2.28. The van der Waals surface area contributed by atoms with Crippen molar-refractivity contribution in [3.63, 3.8) is 0 Å². The number of nitrogens with one attached hydrogen (secondary N) is 1. The van der Waals surface area contributed by atoms with Crippen LogP contribution >= 0.6 is 23.2 Å². The summed E-state index contributed by atoms with van der Waals surface area (Å²) in [6, 6.07) is 3.31. The van der Waals surface area contributed by atoms with Gasteiger partial charge in [-0.2, -0.15) is 13.2 Å². The zero-order valence-electron chi connectivity index (χ0n) is 13.4. The number of hydrogen-bond acceptors (Lipinski definition) is 3. The van der Waals surface area contributed by atoms with Crippen LogP contribution in [-0.2, 0) is 16.2 Å². The summed E-state index contributed by atoms with van der Waals surface area (Å²) in [5.41, 5.74) is -1.11. The minimum atomic E-state index is -4.83. The number of rotatable bonds is 5. The third-order valence-electron chi connectivity index (χ3n) is 3.54. The van der Waals surface area contributed by atoms with Gasteiger partial charge in [0.1, 0.15) is 5.75 Å². The number of benzene rings is 2. The molecule has 0 aliphatic heterocycles. The summed E-state index contributed by atoms with van der Waals surface area (Å²) >= 11 is 11.4. The van der Waals surface area contributed by atoms with Gasteiger partial charge in [-0.3, -0.25) is 4.72 Å². The van der Waals surface area contributed by atoms with E-state index in [9.17, 15) is 26.7 Å². The topological polar surface area (TPSA) is 66.4 Å². The maximum absolute atomic E-state index is 13.0. The molecule has 0 saturated heterocycles. The largest absolute Gasteiger partial charge is 0.506 e. The van der Waals surface area contributed by atoms with Gasteiger partial charge in [0.05, 0.1) is 26.2 Å². The quantitative estimate of drug-likeness (QED) is 0.580. The molecule has 2 N–H and O–H groups in total. The Bertz CT molecular complexity index is 1030. The zero-order valence-corrected chi connectivity index (χ0v) is 15.8. The molecule has 0 unspecified atom stereocenters. The van der Waals surface area contributed by atoms with E-state index in [-0.39, 0.29) is 27.6 Å². The van der Waals surface area contributed by atoms with Gasteiger partial charge in [0.15, 0.2) is 0 Å². The molecule has 0 saturated carbocycles. The molecule has 0 aliphatic rings. The summed E-state index contributed by atoms with van der Waals surface area (Å²) in [7, 11) is -4.43. The van der Waals surface area contributed by atoms with Crippen molar-refractivity contribution in [3.8, 4) is 5.75 Å². The number of hydrogen-bond donors (Lipinski definition) is 2. The highest BCUT2D eigenvalue weighted by atomic mass is 35.5. The highest BCUT2D eigenvalue weighted by Gasteiger charge is 2.34. The van der Waals surface area contributed by atoms with Crippen molar-refractivity contribution in [2.45, 2.75) is 11.1 Å². The van der Waals surface area contributed by atoms with Crippen LogP contribution in [0.2, 0.25) is 10.0 Å². The molecule has 0 bridgehead atoms. The summed E-state index contributed by atoms with van der Waals surface area (Å²) in [5.74, 6) is -0.338. The predicted octanol–water partition coefficient (Wildman–Crippen LogP) is 5.80. The Labute approximate surface area is 163 Å². The van der Waals surface area contributed by atoms with E-state index in [1.165, 1.54) is 12.2 Å². The second-order valence-corrected chi connectivity index (χ2v) is 7.73. The lowest BCUT2D eigenvalue weighted by Gasteiger charge is -2.16. The Morgan fingerprint density at radius 1 is 1.04 bits per heavy atom. The first-order valence-corrected chi connectivity index (χ1v) is 9.36. The maximum atomic E-state index is 13.0. The molecular weight excluding hydrogens is 426 g/mol. The van der Waals surface area contributed by atoms with Crippen molar-refractivity contribution in [1.29, 1.82) is 0 Å². The third kappa shape index (κ3) is 4.23. The van der Waals surface area contributed by atoms with Crippen LogP contribution in [0, 0.1) is 0 Å². The number of aromatic hydroxyl groups is 1. The summed E-state index contributed by atoms with van der Waals surface area (Å²) in [5, 5.41) is 9.13. The van der Waals surface area contributed by atoms with Crippen molar-refractivity contribution < 1.29 is 26.7 Å². The Balaban J connectivity index is 2.60. The van der Waals surface area contributed by atoms with Gasteiger partial charge in [0, 0.05) is 11.1 Å². The summed E-state index contributed by atoms with van der Waals surface area (Å²) < 4.78 is 66.2. The summed E-state index contributed by atoms with van der Waals surface area (Å²) in [4.78, 5) is -0.654. The van der Waals surface area contributed by atoms with E-state index in [1.807, 2.05) is 0 Å². The Morgan fingerprint density at radius 3 is 2.15 bits per heavy atom. The van der Waals surface area contributed by atoms with Gasteiger partial charge in [-0.15, -0.1) is 0 Å². The second kappa shape index (κ2) is 7.46. The molecule has 10 heteroatoms. The van der Waals surface area contributed by atoms with Crippen molar-refractivity contribution in [3.05, 3.63) is 64.2 Å². The van der Waals surface area contributed by atoms with E-state index in [0.29, 0.717) is 6.07 Å². The lowest BCUT2D eigenvalue weighted by Crippen LogP contribution is -2.16. The molecule has 2 aromatic rings. The van der Waals surface area contributed by atoms with Gasteiger partial charge in [-0.25, -0.2) is 8.42 Å². The number of halogens is 5. The first kappa shape index (κ1) is 21.1. The molecule has 27 heavy (non-hydrogen) atoms. The van der Waals surface area contributed by atoms with Gasteiger partial charge in [-0.05, 0) is 24.3 Å². The van der Waals surface area contributed by atoms with Crippen molar-refractivity contribution in [2.75, 3.05) is 4.72 Å². The monoisotopic (exact) mass is 437 g/mol. The SMILES string of the molecule is C=Cc1c(NS(=O)(=O)c2ccc(Cl)c(C(F)(F)F)c2)cc(Cl)c(O)c1C=C. The van der Waals surface area contributed by atoms with Crippen LogP contribution in [0.5, 0.6) is 5.75 Å². The van der Waals surface area contributed by atoms with Crippen LogP contribution in [-0.4, -0.2) is 13.5 Å². The molecule has 0 heterocycles. The standard InChI is InChI=1S/C17H12Cl2F3NO3S/c1-3-10-11(4-2)16(24)14(19)8-15(10)23-27(25,26)9-5-6-13(18)12(7-9)17(20,21)22/h3-8,23-24H,1-2H2. The molecule has 0 fully saturated rings. The molecule has 2 rings (SSSR count). The molecular formula is C17H12Cl2F3NO3S. The Kier molecular flexibility index (Phi) is 5.84. The van der Waals surface area contributed by atoms with Crippen LogP contribution in [0.25, 0.3) is 12.2 Å². The molecule has 2 aromatic carbocycles. The molecule has 0 radical (unpaired) electrons. The minimum absolute atomic E-state index is 0.0915. The van der Waals surface area contributed by atoms with Crippen LogP contribution in [0.4, 0.5) is 18.9 Å². The van der Waals surface area contributed by atoms with Crippen molar-refractivity contribution in [2.24, 2.45) is 0 Å². The zero-order chi connectivity index (χ0) is 20.6. The van der Waals surface area contributed by atoms with E-state index >= 15 is 0 Å². The smallest absolute Gasteiger partial charge is 0.417 e. The van der Waals surface area contributed by atoms with Gasteiger partial charge in [-0.1, -0.05) is 48.5 Å². The van der Waals surface area contributed by atoms with Crippen molar-refractivity contribution in [1.82, 2.24) is 0 Å². The second-order valence-electron chi connectivity index (χ2n) is 5.24. The number of alkyl halides is 3. The number of phenolic OH excluding ortho intramolecular Hbond substituents is 1. The van der Waals surface area contributed by atoms with Gasteiger partial charge in [0.25, 0.3) is 10.0 Å². The molecule has 4 nitrogen and oxygen atoms in total. The van der Waals surface area contributed by atoms with E-state index in [4.69, 9.17) is 23.2 Å². The lowest BCUT2D eigenvalue weighted by molar-refractivity contribution is -0.137. The number of phenols is 1. The average molecular weight is 438 g/mol. The van der Waals surface area contributed by atoms with Gasteiger partial charge in [0.2, 0.25) is 0 Å². The third-order valence-corrected chi connectivity index (χ3v) is 5.52. The molecule has 0 spiro atoms. The first-order valence-electron chi connectivity index (χ1n) is 7.12. The Morgan fingerprint density at radius 2 is 1.63 bits per heavy atom. The van der Waals surface area contributed by atoms with Gasteiger partial charge >= 0.3 is 6.18 Å². The van der Waals surface area contributed by atoms with Gasteiger partial charge < -0.3 is 5.11 Å². The lowest BCUT2D eigenvalue weighted by atomic mass is 10.0. The van der Waals surface area contributed by atoms with E-state index in [2.05, 4.69) is 17.9 Å². The summed E-state index contributed by atoms with van der Waals surface area (Å²) in [6.45, 7) is 7.03. The minimum Gasteiger partial charge on any atom is -0.506 e. The fourth-order valence-corrected chi connectivity index (χ4v) is 3.81. The predicted molar refractivity (Wildman–Crippen MR) is 101 cm³/mol. The average Bonchev–Trinajstić information content (AvgIpc) is 2.56. The van der Waals surface area contributed by atoms with E-state index in [0.717, 1.165) is 18.2 Å². The summed E-state index contributed by atoms with van der Waals surface area (Å²) in [6.07, 6.45) is -2.35. The molecule has 0 aromatic heterocycles. The molecule has 0 amide bonds. The highest BCUT2D eigenvalue weighted by molar-refractivity contribution is 7.92.